The predicted octanol–water partition coefficient (Wildman–Crippen LogP) is 3.81. The molecule has 0 aromatic heterocycles. The van der Waals surface area contributed by atoms with E-state index in [0.717, 1.165) is 0 Å². The van der Waals surface area contributed by atoms with Crippen LogP contribution in [0.2, 0.25) is 0 Å². The molecule has 0 heterocycles. The first-order valence-electron chi connectivity index (χ1n) is 8.06. The molecule has 0 saturated heterocycles. The van der Waals surface area contributed by atoms with Crippen LogP contribution in [0, 0.1) is 24.7 Å². The zero-order chi connectivity index (χ0) is 20.3. The fraction of sp³-hybridized carbons (Fsp3) is 0. The predicted molar refractivity (Wildman–Crippen MR) is 107 cm³/mol. The molecule has 138 valence electrons. The van der Waals surface area contributed by atoms with Gasteiger partial charge in [0.05, 0.1) is 16.9 Å². The summed E-state index contributed by atoms with van der Waals surface area (Å²) in [6.45, 7) is 0. The van der Waals surface area contributed by atoms with E-state index in [1.54, 1.807) is 18.2 Å². The van der Waals surface area contributed by atoms with Gasteiger partial charge in [0.15, 0.2) is 11.5 Å². The van der Waals surface area contributed by atoms with E-state index < -0.39 is 0 Å². The molecule has 0 bridgehead atoms. The lowest BCUT2D eigenvalue weighted by Gasteiger charge is -2.16. The third kappa shape index (κ3) is 3.57. The van der Waals surface area contributed by atoms with Crippen molar-refractivity contribution in [2.75, 3.05) is 11.5 Å². The molecule has 0 fully saturated rings. The summed E-state index contributed by atoms with van der Waals surface area (Å²) < 4.78 is 11.8. The SMILES string of the molecule is C#Cc1ccc(Oc2ccc(O)c(N)c2)c(Oc2ccc(O)c(N)c2)c1C#C. The molecule has 0 spiro atoms. The number of terminal acetylenes is 2. The second-order valence-corrected chi connectivity index (χ2v) is 5.75. The minimum atomic E-state index is -0.0714. The van der Waals surface area contributed by atoms with Gasteiger partial charge in [0.1, 0.15) is 23.0 Å². The molecular weight excluding hydrogens is 356 g/mol. The molecule has 0 amide bonds. The van der Waals surface area contributed by atoms with Crippen molar-refractivity contribution >= 4 is 11.4 Å². The highest BCUT2D eigenvalue weighted by atomic mass is 16.5. The van der Waals surface area contributed by atoms with E-state index in [2.05, 4.69) is 11.8 Å². The van der Waals surface area contributed by atoms with E-state index in [-0.39, 0.29) is 34.4 Å². The van der Waals surface area contributed by atoms with Crippen LogP contribution in [0.15, 0.2) is 48.5 Å². The number of benzene rings is 3. The molecule has 0 aliphatic carbocycles. The maximum Gasteiger partial charge on any atom is 0.186 e. The van der Waals surface area contributed by atoms with Gasteiger partial charge in [-0.15, -0.1) is 12.8 Å². The number of nitrogens with two attached hydrogens (primary N) is 2. The molecule has 0 unspecified atom stereocenters. The van der Waals surface area contributed by atoms with Gasteiger partial charge in [0.25, 0.3) is 0 Å². The second-order valence-electron chi connectivity index (χ2n) is 5.75. The van der Waals surface area contributed by atoms with Crippen LogP contribution in [0.25, 0.3) is 0 Å². The van der Waals surface area contributed by atoms with Crippen LogP contribution >= 0.6 is 0 Å². The standard InChI is InChI=1S/C22H16N2O4/c1-3-13-5-10-21(27-14-6-8-19(25)17(23)11-14)22(16(13)4-2)28-15-7-9-20(26)18(24)12-15/h1-2,5-12,25-26H,23-24H2. The summed E-state index contributed by atoms with van der Waals surface area (Å²) in [6, 6.07) is 12.0. The van der Waals surface area contributed by atoms with E-state index in [9.17, 15) is 10.2 Å². The third-order valence-electron chi connectivity index (χ3n) is 3.87. The monoisotopic (exact) mass is 372 g/mol. The molecule has 3 aromatic carbocycles. The summed E-state index contributed by atoms with van der Waals surface area (Å²) >= 11 is 0. The third-order valence-corrected chi connectivity index (χ3v) is 3.87. The Morgan fingerprint density at radius 1 is 0.750 bits per heavy atom. The summed E-state index contributed by atoms with van der Waals surface area (Å²) in [4.78, 5) is 0. The minimum absolute atomic E-state index is 0.0598. The molecule has 3 rings (SSSR count). The van der Waals surface area contributed by atoms with Gasteiger partial charge in [0.2, 0.25) is 0 Å². The van der Waals surface area contributed by atoms with Crippen LogP contribution < -0.4 is 20.9 Å². The first kappa shape index (κ1) is 18.4. The molecule has 6 nitrogen and oxygen atoms in total. The largest absolute Gasteiger partial charge is 0.506 e. The fourth-order valence-corrected chi connectivity index (χ4v) is 2.45. The van der Waals surface area contributed by atoms with Crippen molar-refractivity contribution in [2.24, 2.45) is 0 Å². The first-order valence-corrected chi connectivity index (χ1v) is 8.06. The van der Waals surface area contributed by atoms with E-state index in [1.807, 2.05) is 0 Å². The lowest BCUT2D eigenvalue weighted by atomic mass is 10.1. The number of phenols is 2. The van der Waals surface area contributed by atoms with Crippen molar-refractivity contribution in [3.05, 3.63) is 59.7 Å². The van der Waals surface area contributed by atoms with E-state index in [1.165, 1.54) is 30.3 Å². The number of aromatic hydroxyl groups is 2. The van der Waals surface area contributed by atoms with Crippen LogP contribution in [0.1, 0.15) is 11.1 Å². The molecule has 6 heteroatoms. The zero-order valence-electron chi connectivity index (χ0n) is 14.6. The Hall–Kier alpha value is -4.42. The topological polar surface area (TPSA) is 111 Å². The summed E-state index contributed by atoms with van der Waals surface area (Å²) in [7, 11) is 0. The maximum absolute atomic E-state index is 9.59. The molecule has 0 aliphatic rings. The Balaban J connectivity index is 2.09. The molecule has 6 N–H and O–H groups in total. The number of anilines is 2. The average molecular weight is 372 g/mol. The van der Waals surface area contributed by atoms with Crippen molar-refractivity contribution in [2.45, 2.75) is 0 Å². The molecule has 28 heavy (non-hydrogen) atoms. The summed E-state index contributed by atoms with van der Waals surface area (Å²) in [6.07, 6.45) is 11.2. The fourth-order valence-electron chi connectivity index (χ4n) is 2.45. The normalized spacial score (nSPS) is 9.93. The van der Waals surface area contributed by atoms with Gasteiger partial charge in [-0.05, 0) is 36.4 Å². The number of phenolic OH excluding ortho intramolecular Hbond substituents is 2. The Labute approximate surface area is 161 Å². The van der Waals surface area contributed by atoms with Gasteiger partial charge in [-0.2, -0.15) is 0 Å². The first-order chi connectivity index (χ1) is 13.4. The molecule has 0 radical (unpaired) electrons. The van der Waals surface area contributed by atoms with Gasteiger partial charge in [-0.1, -0.05) is 11.8 Å². The highest BCUT2D eigenvalue weighted by Crippen LogP contribution is 2.41. The maximum atomic E-state index is 9.59. The Kier molecular flexibility index (Phi) is 4.89. The average Bonchev–Trinajstić information content (AvgIpc) is 2.68. The van der Waals surface area contributed by atoms with Gasteiger partial charge in [-0.25, -0.2) is 0 Å². The minimum Gasteiger partial charge on any atom is -0.506 e. The molecule has 0 aliphatic heterocycles. The second kappa shape index (κ2) is 7.45. The summed E-state index contributed by atoms with van der Waals surface area (Å²) in [5, 5.41) is 19.2. The van der Waals surface area contributed by atoms with Crippen molar-refractivity contribution in [3.8, 4) is 59.2 Å². The molecule has 0 atom stereocenters. The Bertz CT molecular complexity index is 1140. The van der Waals surface area contributed by atoms with Crippen LogP contribution in [0.5, 0.6) is 34.5 Å². The lowest BCUT2D eigenvalue weighted by molar-refractivity contribution is 0.416. The molecule has 3 aromatic rings. The number of hydrogen-bond donors (Lipinski definition) is 4. The quantitative estimate of drug-likeness (QED) is 0.315. The number of rotatable bonds is 4. The van der Waals surface area contributed by atoms with Gasteiger partial charge < -0.3 is 31.2 Å². The molecule has 0 saturated carbocycles. The Morgan fingerprint density at radius 3 is 1.82 bits per heavy atom. The van der Waals surface area contributed by atoms with Gasteiger partial charge >= 0.3 is 0 Å². The van der Waals surface area contributed by atoms with Crippen LogP contribution in [-0.4, -0.2) is 10.2 Å². The smallest absolute Gasteiger partial charge is 0.186 e. The summed E-state index contributed by atoms with van der Waals surface area (Å²) in [5.41, 5.74) is 12.5. The van der Waals surface area contributed by atoms with Crippen molar-refractivity contribution in [1.29, 1.82) is 0 Å². The van der Waals surface area contributed by atoms with Crippen molar-refractivity contribution < 1.29 is 19.7 Å². The van der Waals surface area contributed by atoms with Gasteiger partial charge in [-0.3, -0.25) is 0 Å². The Morgan fingerprint density at radius 2 is 1.32 bits per heavy atom. The number of hydrogen-bond acceptors (Lipinski definition) is 6. The van der Waals surface area contributed by atoms with Crippen LogP contribution in [0.4, 0.5) is 11.4 Å². The molecular formula is C22H16N2O4. The highest BCUT2D eigenvalue weighted by Gasteiger charge is 2.17. The lowest BCUT2D eigenvalue weighted by Crippen LogP contribution is -1.97. The van der Waals surface area contributed by atoms with Crippen LogP contribution in [-0.2, 0) is 0 Å². The van der Waals surface area contributed by atoms with E-state index in [4.69, 9.17) is 33.8 Å². The number of ether oxygens (including phenoxy) is 2. The van der Waals surface area contributed by atoms with E-state index in [0.29, 0.717) is 22.6 Å². The van der Waals surface area contributed by atoms with Crippen molar-refractivity contribution in [1.82, 2.24) is 0 Å². The van der Waals surface area contributed by atoms with Crippen molar-refractivity contribution in [3.63, 3.8) is 0 Å². The van der Waals surface area contributed by atoms with E-state index >= 15 is 0 Å². The van der Waals surface area contributed by atoms with Gasteiger partial charge in [0, 0.05) is 17.7 Å². The number of nitrogen functional groups attached to an aromatic ring is 2. The zero-order valence-corrected chi connectivity index (χ0v) is 14.6. The summed E-state index contributed by atoms with van der Waals surface area (Å²) in [5.74, 6) is 6.07. The van der Waals surface area contributed by atoms with Crippen LogP contribution in [0.3, 0.4) is 0 Å². The highest BCUT2D eigenvalue weighted by molar-refractivity contribution is 5.65.